The molecule has 0 bridgehead atoms. The van der Waals surface area contributed by atoms with Crippen molar-refractivity contribution in [2.45, 2.75) is 37.8 Å². The smallest absolute Gasteiger partial charge is 0.252 e. The summed E-state index contributed by atoms with van der Waals surface area (Å²) >= 11 is 5.70. The van der Waals surface area contributed by atoms with E-state index < -0.39 is 5.92 Å². The summed E-state index contributed by atoms with van der Waals surface area (Å²) in [4.78, 5) is 23.0. The zero-order valence-corrected chi connectivity index (χ0v) is 19.4. The Bertz CT molecular complexity index is 1110. The minimum absolute atomic E-state index is 0.0480. The van der Waals surface area contributed by atoms with Gasteiger partial charge < -0.3 is 16.4 Å². The van der Waals surface area contributed by atoms with Crippen molar-refractivity contribution < 1.29 is 18.0 Å². The molecule has 34 heavy (non-hydrogen) atoms. The molecule has 2 aromatic heterocycles. The summed E-state index contributed by atoms with van der Waals surface area (Å²) in [7, 11) is 1.77. The van der Waals surface area contributed by atoms with Crippen LogP contribution in [-0.4, -0.2) is 51.4 Å². The molecule has 3 aromatic rings. The number of hydrogen-bond acceptors (Lipinski definition) is 7. The van der Waals surface area contributed by atoms with Gasteiger partial charge in [0.15, 0.2) is 6.29 Å². The molecule has 1 unspecified atom stereocenters. The fourth-order valence-electron chi connectivity index (χ4n) is 3.42. The topological polar surface area (TPSA) is 111 Å². The Kier molecular flexibility index (Phi) is 8.24. The molecule has 8 nitrogen and oxygen atoms in total. The van der Waals surface area contributed by atoms with Crippen LogP contribution in [-0.2, 0) is 0 Å². The highest BCUT2D eigenvalue weighted by molar-refractivity contribution is 6.30. The SMILES string of the molecule is CNC(CN)c1cc(F)cc(Cl)c1.Cc1cnc(NC2CC(F)(F)C2)nc1-n1cnc(C=O)c1. The van der Waals surface area contributed by atoms with Crippen molar-refractivity contribution in [2.75, 3.05) is 18.9 Å². The molecule has 12 heteroatoms. The minimum Gasteiger partial charge on any atom is -0.351 e. The first-order chi connectivity index (χ1) is 16.1. The number of alkyl halides is 2. The third-order valence-electron chi connectivity index (χ3n) is 5.21. The Hall–Kier alpha value is -3.02. The molecule has 0 radical (unpaired) electrons. The third-order valence-corrected chi connectivity index (χ3v) is 5.43. The van der Waals surface area contributed by atoms with E-state index in [4.69, 9.17) is 17.3 Å². The van der Waals surface area contributed by atoms with Crippen LogP contribution in [0.5, 0.6) is 0 Å². The van der Waals surface area contributed by atoms with E-state index in [9.17, 15) is 18.0 Å². The Labute approximate surface area is 199 Å². The molecule has 4 rings (SSSR count). The van der Waals surface area contributed by atoms with E-state index in [1.807, 2.05) is 6.92 Å². The average Bonchev–Trinajstić information content (AvgIpc) is 3.24. The first-order valence-electron chi connectivity index (χ1n) is 10.4. The van der Waals surface area contributed by atoms with E-state index in [1.54, 1.807) is 30.1 Å². The molecular weight excluding hydrogens is 471 g/mol. The second kappa shape index (κ2) is 10.9. The van der Waals surface area contributed by atoms with Crippen LogP contribution in [0.4, 0.5) is 19.1 Å². The number of aromatic nitrogens is 4. The van der Waals surface area contributed by atoms with Gasteiger partial charge in [0.2, 0.25) is 5.95 Å². The number of rotatable bonds is 7. The van der Waals surface area contributed by atoms with Gasteiger partial charge in [-0.25, -0.2) is 23.1 Å². The number of hydrogen-bond donors (Lipinski definition) is 3. The standard InChI is InChI=1S/C13H13F2N5O.C9H12ClFN2/c1-8-4-16-12(18-9-2-13(14,15)3-9)19-11(8)20-5-10(6-21)17-7-20;1-13-9(5-12)6-2-7(10)4-8(11)3-6/h4-7,9H,2-3H2,1H3,(H,16,18,19);2-4,9,13H,5,12H2,1H3. The minimum atomic E-state index is -2.59. The van der Waals surface area contributed by atoms with Gasteiger partial charge in [-0.2, -0.15) is 4.98 Å². The summed E-state index contributed by atoms with van der Waals surface area (Å²) in [5.74, 6) is -2.08. The zero-order valence-electron chi connectivity index (χ0n) is 18.6. The highest BCUT2D eigenvalue weighted by Crippen LogP contribution is 2.38. The monoisotopic (exact) mass is 495 g/mol. The highest BCUT2D eigenvalue weighted by atomic mass is 35.5. The summed E-state index contributed by atoms with van der Waals surface area (Å²) in [6, 6.07) is 4.05. The number of halogens is 4. The van der Waals surface area contributed by atoms with Gasteiger partial charge in [0.25, 0.3) is 5.92 Å². The number of carbonyl (C=O) groups is 1. The fourth-order valence-corrected chi connectivity index (χ4v) is 3.65. The number of nitrogens with one attached hydrogen (secondary N) is 2. The largest absolute Gasteiger partial charge is 0.351 e. The molecule has 1 aromatic carbocycles. The van der Waals surface area contributed by atoms with Crippen molar-refractivity contribution in [1.29, 1.82) is 0 Å². The van der Waals surface area contributed by atoms with Crippen LogP contribution in [0, 0.1) is 12.7 Å². The van der Waals surface area contributed by atoms with Crippen molar-refractivity contribution in [1.82, 2.24) is 24.8 Å². The molecule has 1 aliphatic rings. The number of imidazole rings is 1. The fraction of sp³-hybridized carbons (Fsp3) is 0.364. The molecule has 1 saturated carbocycles. The molecule has 1 aliphatic carbocycles. The van der Waals surface area contributed by atoms with Gasteiger partial charge in [-0.05, 0) is 37.7 Å². The number of aryl methyl sites for hydroxylation is 1. The van der Waals surface area contributed by atoms with Crippen LogP contribution in [0.15, 0.2) is 36.9 Å². The molecule has 2 heterocycles. The molecule has 1 atom stereocenters. The predicted molar refractivity (Wildman–Crippen MR) is 123 cm³/mol. The maximum Gasteiger partial charge on any atom is 0.252 e. The van der Waals surface area contributed by atoms with Gasteiger partial charge in [-0.15, -0.1) is 0 Å². The van der Waals surface area contributed by atoms with Crippen LogP contribution in [0.25, 0.3) is 5.82 Å². The number of anilines is 1. The van der Waals surface area contributed by atoms with E-state index in [1.165, 1.54) is 18.5 Å². The van der Waals surface area contributed by atoms with Gasteiger partial charge in [-0.1, -0.05) is 11.6 Å². The number of benzene rings is 1. The lowest BCUT2D eigenvalue weighted by Crippen LogP contribution is -2.44. The third kappa shape index (κ3) is 6.52. The molecule has 1 fully saturated rings. The van der Waals surface area contributed by atoms with Crippen LogP contribution >= 0.6 is 11.6 Å². The summed E-state index contributed by atoms with van der Waals surface area (Å²) in [5, 5.41) is 6.25. The Balaban J connectivity index is 0.000000215. The maximum atomic E-state index is 12.9. The van der Waals surface area contributed by atoms with Gasteiger partial charge in [0, 0.05) is 54.4 Å². The van der Waals surface area contributed by atoms with E-state index in [2.05, 4.69) is 25.6 Å². The highest BCUT2D eigenvalue weighted by Gasteiger charge is 2.45. The summed E-state index contributed by atoms with van der Waals surface area (Å²) < 4.78 is 40.1. The van der Waals surface area contributed by atoms with Gasteiger partial charge in [-0.3, -0.25) is 9.36 Å². The zero-order chi connectivity index (χ0) is 24.9. The van der Waals surface area contributed by atoms with E-state index in [0.717, 1.165) is 11.1 Å². The van der Waals surface area contributed by atoms with Crippen molar-refractivity contribution in [3.63, 3.8) is 0 Å². The van der Waals surface area contributed by atoms with Crippen molar-refractivity contribution >= 4 is 23.8 Å². The molecule has 0 saturated heterocycles. The lowest BCUT2D eigenvalue weighted by molar-refractivity contribution is -0.0794. The Morgan fingerprint density at radius 2 is 2.06 bits per heavy atom. The maximum absolute atomic E-state index is 12.9. The van der Waals surface area contributed by atoms with Crippen LogP contribution < -0.4 is 16.4 Å². The average molecular weight is 496 g/mol. The summed E-state index contributed by atoms with van der Waals surface area (Å²) in [6.45, 7) is 2.23. The van der Waals surface area contributed by atoms with E-state index in [0.29, 0.717) is 29.4 Å². The van der Waals surface area contributed by atoms with E-state index in [-0.39, 0.29) is 36.7 Å². The van der Waals surface area contributed by atoms with Crippen LogP contribution in [0.1, 0.15) is 40.5 Å². The predicted octanol–water partition coefficient (Wildman–Crippen LogP) is 3.69. The normalized spacial score (nSPS) is 15.6. The Morgan fingerprint density at radius 1 is 1.32 bits per heavy atom. The summed E-state index contributed by atoms with van der Waals surface area (Å²) in [5.41, 5.74) is 7.34. The quantitative estimate of drug-likeness (QED) is 0.429. The molecule has 0 spiro atoms. The summed E-state index contributed by atoms with van der Waals surface area (Å²) in [6.07, 6.45) is 4.84. The molecule has 0 amide bonds. The number of nitrogens with zero attached hydrogens (tertiary/aromatic N) is 4. The molecule has 182 valence electrons. The number of aldehydes is 1. The number of likely N-dealkylation sites (N-methyl/N-ethyl adjacent to an activating group) is 1. The van der Waals surface area contributed by atoms with Gasteiger partial charge in [0.05, 0.1) is 0 Å². The van der Waals surface area contributed by atoms with Crippen molar-refractivity contribution in [3.05, 3.63) is 64.6 Å². The van der Waals surface area contributed by atoms with Crippen LogP contribution in [0.3, 0.4) is 0 Å². The lowest BCUT2D eigenvalue weighted by atomic mass is 9.88. The van der Waals surface area contributed by atoms with Crippen molar-refractivity contribution in [2.24, 2.45) is 5.73 Å². The first kappa shape index (κ1) is 25.6. The second-order valence-electron chi connectivity index (χ2n) is 7.91. The molecular formula is C22H25ClF3N7O. The van der Waals surface area contributed by atoms with Gasteiger partial charge in [0.1, 0.15) is 23.7 Å². The Morgan fingerprint density at radius 3 is 2.62 bits per heavy atom. The van der Waals surface area contributed by atoms with Gasteiger partial charge >= 0.3 is 0 Å². The second-order valence-corrected chi connectivity index (χ2v) is 8.35. The molecule has 4 N–H and O–H groups in total. The lowest BCUT2D eigenvalue weighted by Gasteiger charge is -2.35. The first-order valence-corrected chi connectivity index (χ1v) is 10.8. The molecule has 0 aliphatic heterocycles. The van der Waals surface area contributed by atoms with Crippen molar-refractivity contribution in [3.8, 4) is 5.82 Å². The van der Waals surface area contributed by atoms with Crippen LogP contribution in [0.2, 0.25) is 5.02 Å². The van der Waals surface area contributed by atoms with E-state index >= 15 is 0 Å². The number of nitrogens with two attached hydrogens (primary N) is 1. The number of carbonyl (C=O) groups excluding carboxylic acids is 1.